The molecule has 1 aromatic heterocycles. The molecule has 0 spiro atoms. The van der Waals surface area contributed by atoms with E-state index >= 15 is 8.78 Å². The zero-order valence-corrected chi connectivity index (χ0v) is 27.5. The van der Waals surface area contributed by atoms with Crippen LogP contribution in [0.2, 0.25) is 5.02 Å². The van der Waals surface area contributed by atoms with Crippen LogP contribution in [0.5, 0.6) is 0 Å². The summed E-state index contributed by atoms with van der Waals surface area (Å²) < 4.78 is 62.2. The quantitative estimate of drug-likeness (QED) is 0.182. The van der Waals surface area contributed by atoms with Crippen molar-refractivity contribution in [3.63, 3.8) is 0 Å². The molecule has 7 rings (SSSR count). The third kappa shape index (κ3) is 5.28. The summed E-state index contributed by atoms with van der Waals surface area (Å²) in [5.74, 6) is -1.70. The molecule has 10 heteroatoms. The van der Waals surface area contributed by atoms with Crippen LogP contribution >= 0.6 is 11.6 Å². The Morgan fingerprint density at radius 2 is 1.56 bits per heavy atom. The first-order valence-corrected chi connectivity index (χ1v) is 17.0. The molecule has 6 nitrogen and oxygen atoms in total. The van der Waals surface area contributed by atoms with Gasteiger partial charge in [-0.1, -0.05) is 77.8 Å². The van der Waals surface area contributed by atoms with Gasteiger partial charge in [-0.3, -0.25) is 4.90 Å². The zero-order valence-electron chi connectivity index (χ0n) is 25.9. The molecule has 0 bridgehead atoms. The van der Waals surface area contributed by atoms with E-state index in [1.54, 1.807) is 66.7 Å². The Hall–Kier alpha value is -4.83. The number of carboxylic acid groups (broad SMARTS) is 1. The highest BCUT2D eigenvalue weighted by Gasteiger charge is 2.45. The summed E-state index contributed by atoms with van der Waals surface area (Å²) in [4.78, 5) is 13.4. The lowest BCUT2D eigenvalue weighted by Gasteiger charge is -2.43. The smallest absolute Gasteiger partial charge is 0.335 e. The molecule has 0 unspecified atom stereocenters. The monoisotopic (exact) mass is 682 g/mol. The molecule has 1 aliphatic heterocycles. The lowest BCUT2D eigenvalue weighted by atomic mass is 9.82. The molecule has 0 saturated carbocycles. The van der Waals surface area contributed by atoms with Gasteiger partial charge in [-0.25, -0.2) is 26.0 Å². The van der Waals surface area contributed by atoms with E-state index in [9.17, 15) is 18.3 Å². The molecule has 242 valence electrons. The second kappa shape index (κ2) is 11.7. The van der Waals surface area contributed by atoms with Crippen molar-refractivity contribution in [3.8, 4) is 33.5 Å². The number of carboxylic acids is 1. The van der Waals surface area contributed by atoms with E-state index in [4.69, 9.17) is 11.6 Å². The third-order valence-corrected chi connectivity index (χ3v) is 10.9. The molecule has 0 amide bonds. The Bertz CT molecular complexity index is 2370. The Labute approximate surface area is 281 Å². The highest BCUT2D eigenvalue weighted by Crippen LogP contribution is 2.48. The average molecular weight is 683 g/mol. The van der Waals surface area contributed by atoms with Crippen LogP contribution in [0, 0.1) is 12.7 Å². The fourth-order valence-electron chi connectivity index (χ4n) is 6.62. The first kappa shape index (κ1) is 31.8. The minimum absolute atomic E-state index is 0.0203. The fraction of sp³-hybridized carbons (Fsp3) is 0.132. The van der Waals surface area contributed by atoms with Crippen molar-refractivity contribution in [2.45, 2.75) is 17.5 Å². The molecule has 0 atom stereocenters. The van der Waals surface area contributed by atoms with Gasteiger partial charge in [0.2, 0.25) is 0 Å². The summed E-state index contributed by atoms with van der Waals surface area (Å²) in [6.45, 7) is 2.15. The molecule has 0 aliphatic carbocycles. The molecule has 5 aromatic carbocycles. The van der Waals surface area contributed by atoms with E-state index in [1.807, 2.05) is 18.9 Å². The van der Waals surface area contributed by atoms with Gasteiger partial charge in [-0.05, 0) is 79.2 Å². The van der Waals surface area contributed by atoms with E-state index in [0.717, 1.165) is 5.56 Å². The van der Waals surface area contributed by atoms with Gasteiger partial charge in [-0.2, -0.15) is 0 Å². The molecule has 1 aliphatic rings. The van der Waals surface area contributed by atoms with Crippen molar-refractivity contribution in [3.05, 3.63) is 137 Å². The minimum Gasteiger partial charge on any atom is -0.478 e. The van der Waals surface area contributed by atoms with Crippen LogP contribution in [-0.4, -0.2) is 48.5 Å². The van der Waals surface area contributed by atoms with Crippen LogP contribution in [-0.2, 0) is 15.7 Å². The van der Waals surface area contributed by atoms with Crippen molar-refractivity contribution < 1.29 is 27.1 Å². The van der Waals surface area contributed by atoms with Crippen LogP contribution in [0.15, 0.2) is 114 Å². The Morgan fingerprint density at radius 1 is 0.854 bits per heavy atom. The molecule has 48 heavy (non-hydrogen) atoms. The number of aromatic carboxylic acids is 1. The van der Waals surface area contributed by atoms with Crippen molar-refractivity contribution >= 4 is 38.5 Å². The zero-order chi connectivity index (χ0) is 34.0. The lowest BCUT2D eigenvalue weighted by Crippen LogP contribution is -2.54. The maximum atomic E-state index is 16.5. The number of carbonyl (C=O) groups is 1. The van der Waals surface area contributed by atoms with E-state index in [-0.39, 0.29) is 39.8 Å². The predicted molar refractivity (Wildman–Crippen MR) is 184 cm³/mol. The van der Waals surface area contributed by atoms with Crippen LogP contribution < -0.4 is 0 Å². The third-order valence-electron chi connectivity index (χ3n) is 8.83. The summed E-state index contributed by atoms with van der Waals surface area (Å²) in [6.07, 6.45) is 0. The van der Waals surface area contributed by atoms with E-state index < -0.39 is 27.5 Å². The topological polar surface area (TPSA) is 79.6 Å². The Kier molecular flexibility index (Phi) is 7.74. The number of nitrogens with zero attached hydrogens (tertiary/aromatic N) is 2. The summed E-state index contributed by atoms with van der Waals surface area (Å²) >= 11 is 6.57. The van der Waals surface area contributed by atoms with Crippen molar-refractivity contribution in [2.24, 2.45) is 0 Å². The van der Waals surface area contributed by atoms with Crippen LogP contribution in [0.25, 0.3) is 44.4 Å². The SMILES string of the molecule is Cc1ccc(S(=O)(=O)n2c(-c3cccc(-c4ccc(C(=O)O)cc4Cl)c3)c(-c3ccccc3C3(F)CN(C)C3)c3cc(F)ccc32)cc1. The maximum Gasteiger partial charge on any atom is 0.335 e. The standard InChI is InChI=1S/C38H29ClF2N2O4S/c1-23-10-14-28(15-11-23)48(46,47)43-34-17-13-27(40)20-31(34)35(30-8-3-4-9-32(30)38(41)21-42(2)22-38)36(43)25-7-5-6-24(18-25)29-16-12-26(37(44)45)19-33(29)39/h3-20H,21-22H2,1-2H3,(H,44,45). The van der Waals surface area contributed by atoms with Crippen LogP contribution in [0.4, 0.5) is 8.78 Å². The summed E-state index contributed by atoms with van der Waals surface area (Å²) in [5.41, 5.74) is 2.40. The van der Waals surface area contributed by atoms with Gasteiger partial charge in [0, 0.05) is 40.2 Å². The van der Waals surface area contributed by atoms with Gasteiger partial charge in [0.1, 0.15) is 5.82 Å². The number of rotatable bonds is 7. The van der Waals surface area contributed by atoms with Crippen LogP contribution in [0.1, 0.15) is 21.5 Å². The van der Waals surface area contributed by atoms with Crippen LogP contribution in [0.3, 0.4) is 0 Å². The number of hydrogen-bond acceptors (Lipinski definition) is 4. The lowest BCUT2D eigenvalue weighted by molar-refractivity contribution is -0.0190. The molecule has 1 saturated heterocycles. The average Bonchev–Trinajstić information content (AvgIpc) is 3.39. The van der Waals surface area contributed by atoms with Crippen molar-refractivity contribution in [2.75, 3.05) is 20.1 Å². The normalized spacial score (nSPS) is 14.6. The van der Waals surface area contributed by atoms with Gasteiger partial charge in [-0.15, -0.1) is 0 Å². The molecule has 0 radical (unpaired) electrons. The largest absolute Gasteiger partial charge is 0.478 e. The molecular formula is C38H29ClF2N2O4S. The number of alkyl halides is 1. The first-order chi connectivity index (χ1) is 22.9. The number of likely N-dealkylation sites (N-methyl/N-ethyl adjacent to an activating group) is 1. The first-order valence-electron chi connectivity index (χ1n) is 15.1. The molecule has 1 fully saturated rings. The number of halogens is 3. The number of fused-ring (bicyclic) bond motifs is 1. The fourth-order valence-corrected chi connectivity index (χ4v) is 8.46. The Balaban J connectivity index is 1.58. The van der Waals surface area contributed by atoms with Gasteiger partial charge in [0.15, 0.2) is 5.67 Å². The molecule has 2 heterocycles. The van der Waals surface area contributed by atoms with E-state index in [2.05, 4.69) is 0 Å². The highest BCUT2D eigenvalue weighted by molar-refractivity contribution is 7.90. The number of aromatic nitrogens is 1. The molecular weight excluding hydrogens is 654 g/mol. The number of hydrogen-bond donors (Lipinski definition) is 1. The van der Waals surface area contributed by atoms with E-state index in [1.165, 1.54) is 46.4 Å². The summed E-state index contributed by atoms with van der Waals surface area (Å²) in [7, 11) is -2.49. The minimum atomic E-state index is -4.31. The predicted octanol–water partition coefficient (Wildman–Crippen LogP) is 8.79. The van der Waals surface area contributed by atoms with Gasteiger partial charge >= 0.3 is 5.97 Å². The number of aryl methyl sites for hydroxylation is 1. The Morgan fingerprint density at radius 3 is 2.25 bits per heavy atom. The highest BCUT2D eigenvalue weighted by atomic mass is 35.5. The second-order valence-corrected chi connectivity index (χ2v) is 14.4. The summed E-state index contributed by atoms with van der Waals surface area (Å²) in [5, 5.41) is 9.95. The van der Waals surface area contributed by atoms with Crippen molar-refractivity contribution in [1.82, 2.24) is 8.87 Å². The molecule has 1 N–H and O–H groups in total. The van der Waals surface area contributed by atoms with Gasteiger partial charge < -0.3 is 5.11 Å². The summed E-state index contributed by atoms with van der Waals surface area (Å²) in [6, 6.07) is 28.7. The molecule has 6 aromatic rings. The number of benzene rings is 5. The number of likely N-dealkylation sites (tertiary alicyclic amines) is 1. The van der Waals surface area contributed by atoms with E-state index in [0.29, 0.717) is 38.8 Å². The van der Waals surface area contributed by atoms with Gasteiger partial charge in [0.05, 0.1) is 21.7 Å². The maximum absolute atomic E-state index is 16.5. The second-order valence-electron chi connectivity index (χ2n) is 12.2. The van der Waals surface area contributed by atoms with Gasteiger partial charge in [0.25, 0.3) is 10.0 Å². The van der Waals surface area contributed by atoms with Crippen molar-refractivity contribution in [1.29, 1.82) is 0 Å².